The number of thioether (sulfide) groups is 1. The average molecular weight is 350 g/mol. The van der Waals surface area contributed by atoms with Gasteiger partial charge in [0, 0.05) is 16.3 Å². The highest BCUT2D eigenvalue weighted by Crippen LogP contribution is 2.25. The summed E-state index contributed by atoms with van der Waals surface area (Å²) in [6.07, 6.45) is 2.55. The van der Waals surface area contributed by atoms with E-state index in [-0.39, 0.29) is 6.04 Å². The van der Waals surface area contributed by atoms with Crippen LogP contribution in [0.5, 0.6) is 0 Å². The van der Waals surface area contributed by atoms with E-state index in [1.54, 1.807) is 11.8 Å². The van der Waals surface area contributed by atoms with Crippen LogP contribution in [0.25, 0.3) is 10.9 Å². The largest absolute Gasteiger partial charge is 0.444 e. The molecule has 0 bridgehead atoms. The summed E-state index contributed by atoms with van der Waals surface area (Å²) < 4.78 is 7.30. The van der Waals surface area contributed by atoms with Gasteiger partial charge in [-0.15, -0.1) is 11.8 Å². The first-order chi connectivity index (χ1) is 11.2. The van der Waals surface area contributed by atoms with Crippen LogP contribution < -0.4 is 5.32 Å². The molecule has 1 aromatic carbocycles. The lowest BCUT2D eigenvalue weighted by Gasteiger charge is -2.22. The fourth-order valence-electron chi connectivity index (χ4n) is 2.56. The highest BCUT2D eigenvalue weighted by atomic mass is 32.2. The van der Waals surface area contributed by atoms with Crippen LogP contribution in [0.15, 0.2) is 23.1 Å². The van der Waals surface area contributed by atoms with Crippen molar-refractivity contribution in [2.45, 2.75) is 64.1 Å². The first-order valence-corrected chi connectivity index (χ1v) is 9.49. The average Bonchev–Trinajstić information content (AvgIpc) is 2.82. The van der Waals surface area contributed by atoms with Crippen LogP contribution in [0.3, 0.4) is 0 Å². The van der Waals surface area contributed by atoms with Crippen molar-refractivity contribution >= 4 is 28.8 Å². The zero-order valence-electron chi connectivity index (χ0n) is 15.3. The molecule has 132 valence electrons. The van der Waals surface area contributed by atoms with Gasteiger partial charge in [-0.25, -0.2) is 4.79 Å². The van der Waals surface area contributed by atoms with Crippen molar-refractivity contribution in [3.63, 3.8) is 0 Å². The molecule has 24 heavy (non-hydrogen) atoms. The lowest BCUT2D eigenvalue weighted by atomic mass is 10.2. The molecular formula is C18H27N3O2S. The molecule has 6 heteroatoms. The van der Waals surface area contributed by atoms with Crippen molar-refractivity contribution in [3.05, 3.63) is 23.9 Å². The second kappa shape index (κ2) is 7.47. The molecule has 0 saturated carbocycles. The van der Waals surface area contributed by atoms with E-state index in [0.717, 1.165) is 17.6 Å². The van der Waals surface area contributed by atoms with Crippen LogP contribution in [0.4, 0.5) is 4.79 Å². The Morgan fingerprint density at radius 2 is 2.12 bits per heavy atom. The predicted molar refractivity (Wildman–Crippen MR) is 99.7 cm³/mol. The van der Waals surface area contributed by atoms with E-state index in [2.05, 4.69) is 36.7 Å². The zero-order chi connectivity index (χ0) is 17.9. The van der Waals surface area contributed by atoms with E-state index >= 15 is 0 Å². The standard InChI is InChI=1S/C18H27N3O2S/c1-7-15-14-9-8-13(24-6)10-16(14)21(20-15)11-12(2)19-17(22)23-18(3,4)5/h8-10,12H,7,11H2,1-6H3,(H,19,22). The van der Waals surface area contributed by atoms with Gasteiger partial charge in [-0.1, -0.05) is 6.92 Å². The topological polar surface area (TPSA) is 56.2 Å². The number of hydrogen-bond acceptors (Lipinski definition) is 4. The highest BCUT2D eigenvalue weighted by Gasteiger charge is 2.19. The van der Waals surface area contributed by atoms with Crippen LogP contribution >= 0.6 is 11.8 Å². The fraction of sp³-hybridized carbons (Fsp3) is 0.556. The van der Waals surface area contributed by atoms with Crippen molar-refractivity contribution in [3.8, 4) is 0 Å². The Kier molecular flexibility index (Phi) is 5.80. The third-order valence-electron chi connectivity index (χ3n) is 3.58. The molecule has 1 N–H and O–H groups in total. The number of carbonyl (C=O) groups excluding carboxylic acids is 1. The van der Waals surface area contributed by atoms with E-state index in [4.69, 9.17) is 9.84 Å². The number of alkyl carbamates (subject to hydrolysis) is 1. The Hall–Kier alpha value is -1.69. The second-order valence-electron chi connectivity index (χ2n) is 6.91. The van der Waals surface area contributed by atoms with Crippen LogP contribution in [0, 0.1) is 0 Å². The van der Waals surface area contributed by atoms with Gasteiger partial charge in [0.2, 0.25) is 0 Å². The third-order valence-corrected chi connectivity index (χ3v) is 4.31. The van der Waals surface area contributed by atoms with E-state index in [1.807, 2.05) is 32.4 Å². The molecule has 0 saturated heterocycles. The number of carbonyl (C=O) groups is 1. The van der Waals surface area contributed by atoms with Gasteiger partial charge in [0.25, 0.3) is 0 Å². The van der Waals surface area contributed by atoms with Crippen molar-refractivity contribution in [1.29, 1.82) is 0 Å². The maximum Gasteiger partial charge on any atom is 0.407 e. The maximum absolute atomic E-state index is 11.9. The minimum Gasteiger partial charge on any atom is -0.444 e. The van der Waals surface area contributed by atoms with Gasteiger partial charge in [0.05, 0.1) is 17.8 Å². The molecule has 1 heterocycles. The number of nitrogens with one attached hydrogen (secondary N) is 1. The predicted octanol–water partition coefficient (Wildman–Crippen LogP) is 4.23. The number of benzene rings is 1. The molecule has 0 aliphatic carbocycles. The van der Waals surface area contributed by atoms with E-state index in [0.29, 0.717) is 6.54 Å². The number of nitrogens with zero attached hydrogens (tertiary/aromatic N) is 2. The monoisotopic (exact) mass is 349 g/mol. The van der Waals surface area contributed by atoms with Gasteiger partial charge >= 0.3 is 6.09 Å². The van der Waals surface area contributed by atoms with Gasteiger partial charge in [0.1, 0.15) is 5.60 Å². The molecule has 1 unspecified atom stereocenters. The third kappa shape index (κ3) is 4.66. The molecule has 1 amide bonds. The Morgan fingerprint density at radius 1 is 1.42 bits per heavy atom. The zero-order valence-corrected chi connectivity index (χ0v) is 16.2. The molecule has 1 aromatic heterocycles. The number of rotatable bonds is 5. The first-order valence-electron chi connectivity index (χ1n) is 8.26. The molecule has 5 nitrogen and oxygen atoms in total. The summed E-state index contributed by atoms with van der Waals surface area (Å²) in [7, 11) is 0. The van der Waals surface area contributed by atoms with Crippen LogP contribution in [-0.4, -0.2) is 33.8 Å². The molecule has 2 aromatic rings. The number of ether oxygens (including phenoxy) is 1. The quantitative estimate of drug-likeness (QED) is 0.821. The van der Waals surface area contributed by atoms with Gasteiger partial charge < -0.3 is 10.1 Å². The minimum atomic E-state index is -0.495. The highest BCUT2D eigenvalue weighted by molar-refractivity contribution is 7.98. The summed E-state index contributed by atoms with van der Waals surface area (Å²) in [6.45, 7) is 10.2. The number of aryl methyl sites for hydroxylation is 1. The Balaban J connectivity index is 2.18. The van der Waals surface area contributed by atoms with Gasteiger partial charge in [0.15, 0.2) is 0 Å². The van der Waals surface area contributed by atoms with E-state index < -0.39 is 11.7 Å². The molecular weight excluding hydrogens is 322 g/mol. The van der Waals surface area contributed by atoms with Crippen LogP contribution in [0.2, 0.25) is 0 Å². The maximum atomic E-state index is 11.9. The van der Waals surface area contributed by atoms with Crippen molar-refractivity contribution in [1.82, 2.24) is 15.1 Å². The molecule has 0 spiro atoms. The number of amides is 1. The smallest absolute Gasteiger partial charge is 0.407 e. The molecule has 0 aliphatic rings. The van der Waals surface area contributed by atoms with E-state index in [1.165, 1.54) is 10.3 Å². The molecule has 0 aliphatic heterocycles. The summed E-state index contributed by atoms with van der Waals surface area (Å²) in [5.41, 5.74) is 1.70. The van der Waals surface area contributed by atoms with Gasteiger partial charge in [-0.05, 0) is 58.6 Å². The summed E-state index contributed by atoms with van der Waals surface area (Å²) in [5.74, 6) is 0. The van der Waals surface area contributed by atoms with Crippen molar-refractivity contribution in [2.75, 3.05) is 6.26 Å². The van der Waals surface area contributed by atoms with Crippen molar-refractivity contribution in [2.24, 2.45) is 0 Å². The molecule has 2 rings (SSSR count). The van der Waals surface area contributed by atoms with Gasteiger partial charge in [-0.2, -0.15) is 5.10 Å². The Morgan fingerprint density at radius 3 is 2.71 bits per heavy atom. The SMILES string of the molecule is CCc1nn(CC(C)NC(=O)OC(C)(C)C)c2cc(SC)ccc12. The molecule has 0 radical (unpaired) electrons. The van der Waals surface area contributed by atoms with Crippen LogP contribution in [-0.2, 0) is 17.7 Å². The summed E-state index contributed by atoms with van der Waals surface area (Å²) in [4.78, 5) is 13.1. The van der Waals surface area contributed by atoms with Crippen molar-refractivity contribution < 1.29 is 9.53 Å². The van der Waals surface area contributed by atoms with Gasteiger partial charge in [-0.3, -0.25) is 4.68 Å². The Labute approximate surface area is 148 Å². The van der Waals surface area contributed by atoms with E-state index in [9.17, 15) is 4.79 Å². The lowest BCUT2D eigenvalue weighted by Crippen LogP contribution is -2.39. The number of hydrogen-bond donors (Lipinski definition) is 1. The Bertz CT molecular complexity index is 719. The second-order valence-corrected chi connectivity index (χ2v) is 7.79. The first kappa shape index (κ1) is 18.6. The number of aromatic nitrogens is 2. The fourth-order valence-corrected chi connectivity index (χ4v) is 3.00. The summed E-state index contributed by atoms with van der Waals surface area (Å²) >= 11 is 1.71. The minimum absolute atomic E-state index is 0.0782. The normalized spacial score (nSPS) is 13.1. The molecule has 1 atom stereocenters. The lowest BCUT2D eigenvalue weighted by molar-refractivity contribution is 0.0504. The summed E-state index contributed by atoms with van der Waals surface area (Å²) in [6, 6.07) is 6.34. The number of fused-ring (bicyclic) bond motifs is 1. The summed E-state index contributed by atoms with van der Waals surface area (Å²) in [5, 5.41) is 8.78. The molecule has 0 fully saturated rings. The van der Waals surface area contributed by atoms with Crippen LogP contribution in [0.1, 0.15) is 40.3 Å².